The second-order valence-corrected chi connectivity index (χ2v) is 6.54. The standard InChI is InChI=1S/C18H26ClNO3/c19-15-9-7-14(8-10-15)17(21)13-18(22)20-11-4-12-23-16-5-2-1-3-6-16/h7-10,16-17,21H,1-6,11-13H2,(H,20,22). The van der Waals surface area contributed by atoms with E-state index in [2.05, 4.69) is 5.32 Å². The van der Waals surface area contributed by atoms with E-state index in [1.54, 1.807) is 24.3 Å². The van der Waals surface area contributed by atoms with E-state index in [4.69, 9.17) is 16.3 Å². The van der Waals surface area contributed by atoms with E-state index in [0.29, 0.717) is 29.8 Å². The van der Waals surface area contributed by atoms with E-state index in [9.17, 15) is 9.90 Å². The van der Waals surface area contributed by atoms with Gasteiger partial charge in [0, 0.05) is 18.2 Å². The van der Waals surface area contributed by atoms with Gasteiger partial charge in [0.25, 0.3) is 0 Å². The molecule has 0 bridgehead atoms. The van der Waals surface area contributed by atoms with E-state index < -0.39 is 6.10 Å². The number of amides is 1. The van der Waals surface area contributed by atoms with Crippen LogP contribution in [0.3, 0.4) is 0 Å². The zero-order chi connectivity index (χ0) is 16.5. The van der Waals surface area contributed by atoms with Crippen LogP contribution in [0.2, 0.25) is 5.02 Å². The summed E-state index contributed by atoms with van der Waals surface area (Å²) in [5, 5.41) is 13.5. The maximum atomic E-state index is 11.8. The zero-order valence-corrected chi connectivity index (χ0v) is 14.2. The number of halogens is 1. The second-order valence-electron chi connectivity index (χ2n) is 6.11. The van der Waals surface area contributed by atoms with Gasteiger partial charge in [-0.1, -0.05) is 43.0 Å². The van der Waals surface area contributed by atoms with Crippen LogP contribution in [0.15, 0.2) is 24.3 Å². The van der Waals surface area contributed by atoms with Crippen molar-refractivity contribution in [1.82, 2.24) is 5.32 Å². The Kier molecular flexibility index (Phi) is 7.86. The molecular weight excluding hydrogens is 314 g/mol. The highest BCUT2D eigenvalue weighted by atomic mass is 35.5. The summed E-state index contributed by atoms with van der Waals surface area (Å²) >= 11 is 5.80. The van der Waals surface area contributed by atoms with Gasteiger partial charge in [0.15, 0.2) is 0 Å². The quantitative estimate of drug-likeness (QED) is 0.711. The van der Waals surface area contributed by atoms with Gasteiger partial charge in [0.05, 0.1) is 18.6 Å². The van der Waals surface area contributed by atoms with Crippen LogP contribution in [-0.2, 0) is 9.53 Å². The molecule has 128 valence electrons. The minimum absolute atomic E-state index is 0.0606. The van der Waals surface area contributed by atoms with Crippen molar-refractivity contribution in [2.24, 2.45) is 0 Å². The summed E-state index contributed by atoms with van der Waals surface area (Å²) < 4.78 is 5.81. The van der Waals surface area contributed by atoms with Crippen LogP contribution >= 0.6 is 11.6 Å². The second kappa shape index (κ2) is 9.91. The number of benzene rings is 1. The van der Waals surface area contributed by atoms with Crippen LogP contribution in [0, 0.1) is 0 Å². The number of nitrogens with one attached hydrogen (secondary N) is 1. The fourth-order valence-corrected chi connectivity index (χ4v) is 2.96. The number of carbonyl (C=O) groups is 1. The number of carbonyl (C=O) groups excluding carboxylic acids is 1. The third-order valence-electron chi connectivity index (χ3n) is 4.18. The summed E-state index contributed by atoms with van der Waals surface area (Å²) in [5.41, 5.74) is 0.699. The van der Waals surface area contributed by atoms with E-state index in [0.717, 1.165) is 6.42 Å². The molecule has 1 unspecified atom stereocenters. The van der Waals surface area contributed by atoms with Gasteiger partial charge in [-0.05, 0) is 37.0 Å². The van der Waals surface area contributed by atoms with Crippen LogP contribution in [0.25, 0.3) is 0 Å². The molecule has 0 aromatic heterocycles. The molecule has 0 heterocycles. The van der Waals surface area contributed by atoms with Gasteiger partial charge in [-0.3, -0.25) is 4.79 Å². The van der Waals surface area contributed by atoms with Crippen molar-refractivity contribution < 1.29 is 14.6 Å². The molecule has 5 heteroatoms. The van der Waals surface area contributed by atoms with E-state index in [-0.39, 0.29) is 12.3 Å². The molecule has 1 amide bonds. The monoisotopic (exact) mass is 339 g/mol. The van der Waals surface area contributed by atoms with Gasteiger partial charge in [-0.2, -0.15) is 0 Å². The van der Waals surface area contributed by atoms with E-state index in [1.807, 2.05) is 0 Å². The van der Waals surface area contributed by atoms with Crippen LogP contribution in [0.1, 0.15) is 56.6 Å². The summed E-state index contributed by atoms with van der Waals surface area (Å²) in [6.07, 6.45) is 6.67. The van der Waals surface area contributed by atoms with Crippen molar-refractivity contribution >= 4 is 17.5 Å². The molecular formula is C18H26ClNO3. The first-order valence-corrected chi connectivity index (χ1v) is 8.85. The molecule has 23 heavy (non-hydrogen) atoms. The van der Waals surface area contributed by atoms with Crippen molar-refractivity contribution in [3.05, 3.63) is 34.9 Å². The highest BCUT2D eigenvalue weighted by Crippen LogP contribution is 2.20. The molecule has 0 aliphatic heterocycles. The summed E-state index contributed by atoms with van der Waals surface area (Å²) in [6, 6.07) is 6.89. The SMILES string of the molecule is O=C(CC(O)c1ccc(Cl)cc1)NCCCOC1CCCCC1. The van der Waals surface area contributed by atoms with Crippen LogP contribution in [0.5, 0.6) is 0 Å². The predicted octanol–water partition coefficient (Wildman–Crippen LogP) is 3.62. The van der Waals surface area contributed by atoms with Crippen molar-refractivity contribution in [2.75, 3.05) is 13.2 Å². The van der Waals surface area contributed by atoms with Gasteiger partial charge >= 0.3 is 0 Å². The Morgan fingerprint density at radius 3 is 2.65 bits per heavy atom. The molecule has 1 aromatic carbocycles. The maximum Gasteiger partial charge on any atom is 0.222 e. The van der Waals surface area contributed by atoms with E-state index in [1.165, 1.54) is 32.1 Å². The Bertz CT molecular complexity index is 472. The Morgan fingerprint density at radius 1 is 1.26 bits per heavy atom. The van der Waals surface area contributed by atoms with Gasteiger partial charge in [-0.15, -0.1) is 0 Å². The minimum atomic E-state index is -0.800. The lowest BCUT2D eigenvalue weighted by molar-refractivity contribution is -0.123. The third kappa shape index (κ3) is 6.90. The molecule has 1 aliphatic rings. The van der Waals surface area contributed by atoms with Gasteiger partial charge < -0.3 is 15.2 Å². The Balaban J connectivity index is 1.56. The number of ether oxygens (including phenoxy) is 1. The topological polar surface area (TPSA) is 58.6 Å². The van der Waals surface area contributed by atoms with Crippen molar-refractivity contribution in [3.8, 4) is 0 Å². The maximum absolute atomic E-state index is 11.8. The lowest BCUT2D eigenvalue weighted by Gasteiger charge is -2.21. The normalized spacial score (nSPS) is 17.0. The number of aliphatic hydroxyl groups excluding tert-OH is 1. The van der Waals surface area contributed by atoms with E-state index >= 15 is 0 Å². The first-order valence-electron chi connectivity index (χ1n) is 8.47. The number of hydrogen-bond donors (Lipinski definition) is 2. The number of hydrogen-bond acceptors (Lipinski definition) is 3. The lowest BCUT2D eigenvalue weighted by atomic mass is 9.98. The number of aliphatic hydroxyl groups is 1. The summed E-state index contributed by atoms with van der Waals surface area (Å²) in [6.45, 7) is 1.27. The van der Waals surface area contributed by atoms with Crippen molar-refractivity contribution in [3.63, 3.8) is 0 Å². The molecule has 1 atom stereocenters. The molecule has 0 saturated heterocycles. The molecule has 1 aromatic rings. The molecule has 4 nitrogen and oxygen atoms in total. The highest BCUT2D eigenvalue weighted by molar-refractivity contribution is 6.30. The highest BCUT2D eigenvalue weighted by Gasteiger charge is 2.14. The molecule has 0 radical (unpaired) electrons. The smallest absolute Gasteiger partial charge is 0.222 e. The summed E-state index contributed by atoms with van der Waals surface area (Å²) in [7, 11) is 0. The summed E-state index contributed by atoms with van der Waals surface area (Å²) in [4.78, 5) is 11.8. The molecule has 2 N–H and O–H groups in total. The molecule has 0 spiro atoms. The van der Waals surface area contributed by atoms with Gasteiger partial charge in [0.2, 0.25) is 5.91 Å². The molecule has 1 fully saturated rings. The van der Waals surface area contributed by atoms with Gasteiger partial charge in [-0.25, -0.2) is 0 Å². The van der Waals surface area contributed by atoms with Crippen molar-refractivity contribution in [2.45, 2.75) is 57.2 Å². The van der Waals surface area contributed by atoms with Crippen LogP contribution in [-0.4, -0.2) is 30.3 Å². The minimum Gasteiger partial charge on any atom is -0.388 e. The Labute approximate surface area is 143 Å². The average molecular weight is 340 g/mol. The third-order valence-corrected chi connectivity index (χ3v) is 4.43. The molecule has 2 rings (SSSR count). The van der Waals surface area contributed by atoms with Gasteiger partial charge in [0.1, 0.15) is 0 Å². The Morgan fingerprint density at radius 2 is 1.96 bits per heavy atom. The molecule has 1 aliphatic carbocycles. The zero-order valence-electron chi connectivity index (χ0n) is 13.5. The largest absolute Gasteiger partial charge is 0.388 e. The van der Waals surface area contributed by atoms with Crippen molar-refractivity contribution in [1.29, 1.82) is 0 Å². The predicted molar refractivity (Wildman–Crippen MR) is 91.5 cm³/mol. The number of rotatable bonds is 8. The van der Waals surface area contributed by atoms with Crippen LogP contribution < -0.4 is 5.32 Å². The average Bonchev–Trinajstić information content (AvgIpc) is 2.56. The fourth-order valence-electron chi connectivity index (χ4n) is 2.83. The van der Waals surface area contributed by atoms with Crippen LogP contribution in [0.4, 0.5) is 0 Å². The summed E-state index contributed by atoms with van der Waals surface area (Å²) in [5.74, 6) is -0.148. The fraction of sp³-hybridized carbons (Fsp3) is 0.611. The lowest BCUT2D eigenvalue weighted by Crippen LogP contribution is -2.27. The first-order chi connectivity index (χ1) is 11.1. The molecule has 1 saturated carbocycles. The Hall–Kier alpha value is -1.10. The first kappa shape index (κ1) is 18.2.